The van der Waals surface area contributed by atoms with Gasteiger partial charge in [-0.15, -0.1) is 0 Å². The van der Waals surface area contributed by atoms with E-state index in [9.17, 15) is 9.59 Å². The Kier molecular flexibility index (Phi) is 6.56. The second kappa shape index (κ2) is 8.19. The van der Waals surface area contributed by atoms with Crippen LogP contribution in [0.1, 0.15) is 26.7 Å². The first-order valence-electron chi connectivity index (χ1n) is 6.88. The van der Waals surface area contributed by atoms with Crippen LogP contribution in [0.3, 0.4) is 0 Å². The summed E-state index contributed by atoms with van der Waals surface area (Å²) in [4.78, 5) is 24.5. The number of hydrogen-bond acceptors (Lipinski definition) is 3. The van der Waals surface area contributed by atoms with Gasteiger partial charge in [0.1, 0.15) is 0 Å². The normalized spacial score (nSPS) is 9.95. The van der Waals surface area contributed by atoms with Crippen molar-refractivity contribution in [3.8, 4) is 0 Å². The highest BCUT2D eigenvalue weighted by Crippen LogP contribution is 2.13. The summed E-state index contributed by atoms with van der Waals surface area (Å²) < 4.78 is 0. The van der Waals surface area contributed by atoms with Crippen molar-refractivity contribution in [1.29, 1.82) is 0 Å². The number of carbonyl (C=O) groups is 2. The summed E-state index contributed by atoms with van der Waals surface area (Å²) in [5.41, 5.74) is 1.60. The molecule has 1 rings (SSSR count). The molecule has 0 aliphatic rings. The third-order valence-corrected chi connectivity index (χ3v) is 2.92. The fourth-order valence-electron chi connectivity index (χ4n) is 1.71. The number of hydrogen-bond donors (Lipinski definition) is 2. The number of anilines is 2. The van der Waals surface area contributed by atoms with Crippen molar-refractivity contribution in [2.24, 2.45) is 0 Å². The Bertz CT molecular complexity index is 443. The van der Waals surface area contributed by atoms with Crippen molar-refractivity contribution in [2.75, 3.05) is 30.8 Å². The molecule has 2 N–H and O–H groups in total. The van der Waals surface area contributed by atoms with E-state index in [1.54, 1.807) is 17.0 Å². The van der Waals surface area contributed by atoms with Crippen LogP contribution in [-0.2, 0) is 9.59 Å². The summed E-state index contributed by atoms with van der Waals surface area (Å²) in [7, 11) is 1.82. The Labute approximate surface area is 120 Å². The van der Waals surface area contributed by atoms with Crippen LogP contribution in [0.15, 0.2) is 24.3 Å². The zero-order chi connectivity index (χ0) is 15.0. The molecule has 0 saturated carbocycles. The molecule has 0 aliphatic heterocycles. The van der Waals surface area contributed by atoms with Crippen LogP contribution in [0.25, 0.3) is 0 Å². The molecular weight excluding hydrogens is 254 g/mol. The maximum atomic E-state index is 11.8. The zero-order valence-corrected chi connectivity index (χ0v) is 12.4. The van der Waals surface area contributed by atoms with E-state index in [2.05, 4.69) is 17.6 Å². The van der Waals surface area contributed by atoms with Gasteiger partial charge in [0.2, 0.25) is 11.8 Å². The molecular formula is C15H23N3O2. The summed E-state index contributed by atoms with van der Waals surface area (Å²) in [6, 6.07) is 7.28. The van der Waals surface area contributed by atoms with Gasteiger partial charge in [0.25, 0.3) is 0 Å². The van der Waals surface area contributed by atoms with Crippen molar-refractivity contribution in [2.45, 2.75) is 26.7 Å². The average Bonchev–Trinajstić information content (AvgIpc) is 2.43. The Morgan fingerprint density at radius 2 is 1.75 bits per heavy atom. The Morgan fingerprint density at radius 3 is 2.30 bits per heavy atom. The van der Waals surface area contributed by atoms with Crippen molar-refractivity contribution in [1.82, 2.24) is 4.90 Å². The van der Waals surface area contributed by atoms with E-state index in [0.717, 1.165) is 30.8 Å². The molecule has 0 aromatic heterocycles. The minimum Gasteiger partial charge on any atom is -0.376 e. The van der Waals surface area contributed by atoms with Crippen LogP contribution < -0.4 is 10.6 Å². The fraction of sp³-hybridized carbons (Fsp3) is 0.467. The minimum atomic E-state index is -0.0987. The Hall–Kier alpha value is -2.04. The van der Waals surface area contributed by atoms with E-state index in [1.165, 1.54) is 6.92 Å². The molecule has 0 spiro atoms. The van der Waals surface area contributed by atoms with Gasteiger partial charge in [0.15, 0.2) is 0 Å². The maximum Gasteiger partial charge on any atom is 0.241 e. The van der Waals surface area contributed by atoms with E-state index in [4.69, 9.17) is 0 Å². The molecule has 1 aromatic rings. The maximum absolute atomic E-state index is 11.8. The zero-order valence-electron chi connectivity index (χ0n) is 12.4. The summed E-state index contributed by atoms with van der Waals surface area (Å²) >= 11 is 0. The van der Waals surface area contributed by atoms with E-state index in [-0.39, 0.29) is 18.4 Å². The van der Waals surface area contributed by atoms with Gasteiger partial charge >= 0.3 is 0 Å². The molecule has 5 nitrogen and oxygen atoms in total. The quantitative estimate of drug-likeness (QED) is 0.804. The van der Waals surface area contributed by atoms with Gasteiger partial charge in [-0.25, -0.2) is 0 Å². The van der Waals surface area contributed by atoms with Crippen molar-refractivity contribution in [3.63, 3.8) is 0 Å². The summed E-state index contributed by atoms with van der Waals surface area (Å²) in [6.45, 7) is 4.64. The van der Waals surface area contributed by atoms with Gasteiger partial charge in [-0.05, 0) is 30.7 Å². The van der Waals surface area contributed by atoms with Crippen molar-refractivity contribution in [3.05, 3.63) is 24.3 Å². The fourth-order valence-corrected chi connectivity index (χ4v) is 1.71. The van der Waals surface area contributed by atoms with Gasteiger partial charge in [0, 0.05) is 31.9 Å². The second-order valence-electron chi connectivity index (χ2n) is 4.78. The molecule has 0 atom stereocenters. The monoisotopic (exact) mass is 277 g/mol. The lowest BCUT2D eigenvalue weighted by atomic mass is 10.2. The number of nitrogens with one attached hydrogen (secondary N) is 2. The van der Waals surface area contributed by atoms with Gasteiger partial charge in [-0.3, -0.25) is 9.59 Å². The van der Waals surface area contributed by atoms with Gasteiger partial charge in [0.05, 0.1) is 6.54 Å². The van der Waals surface area contributed by atoms with Gasteiger partial charge in [-0.2, -0.15) is 0 Å². The van der Waals surface area contributed by atoms with Gasteiger partial charge < -0.3 is 15.5 Å². The molecule has 0 fully saturated rings. The third kappa shape index (κ3) is 5.73. The topological polar surface area (TPSA) is 61.4 Å². The highest BCUT2D eigenvalue weighted by atomic mass is 16.2. The first kappa shape index (κ1) is 16.0. The van der Waals surface area contributed by atoms with Crippen LogP contribution in [0, 0.1) is 0 Å². The van der Waals surface area contributed by atoms with Crippen LogP contribution >= 0.6 is 0 Å². The lowest BCUT2D eigenvalue weighted by molar-refractivity contribution is -0.128. The van der Waals surface area contributed by atoms with E-state index >= 15 is 0 Å². The molecule has 0 bridgehead atoms. The van der Waals surface area contributed by atoms with Crippen molar-refractivity contribution >= 4 is 23.2 Å². The van der Waals surface area contributed by atoms with E-state index < -0.39 is 0 Å². The van der Waals surface area contributed by atoms with Crippen LogP contribution in [0.2, 0.25) is 0 Å². The highest BCUT2D eigenvalue weighted by Gasteiger charge is 2.07. The highest BCUT2D eigenvalue weighted by molar-refractivity contribution is 5.88. The van der Waals surface area contributed by atoms with Crippen LogP contribution in [0.4, 0.5) is 11.4 Å². The summed E-state index contributed by atoms with van der Waals surface area (Å²) in [6.07, 6.45) is 2.10. The molecule has 5 heteroatoms. The summed E-state index contributed by atoms with van der Waals surface area (Å²) in [5.74, 6) is -0.0252. The number of carbonyl (C=O) groups excluding carboxylic acids is 2. The lowest BCUT2D eigenvalue weighted by Crippen LogP contribution is -2.32. The molecule has 0 radical (unpaired) electrons. The number of unbranched alkanes of at least 4 members (excludes halogenated alkanes) is 1. The molecule has 0 saturated heterocycles. The Balaban J connectivity index is 2.41. The smallest absolute Gasteiger partial charge is 0.241 e. The first-order chi connectivity index (χ1) is 9.52. The number of benzene rings is 1. The molecule has 0 unspecified atom stereocenters. The molecule has 0 aliphatic carbocycles. The predicted molar refractivity (Wildman–Crippen MR) is 81.8 cm³/mol. The number of nitrogens with zero attached hydrogens (tertiary/aromatic N) is 1. The molecule has 2 amide bonds. The minimum absolute atomic E-state index is 0.0735. The average molecular weight is 277 g/mol. The first-order valence-corrected chi connectivity index (χ1v) is 6.88. The SMILES string of the molecule is CCCCN(C)C(=O)CNc1ccc(NC(C)=O)cc1. The largest absolute Gasteiger partial charge is 0.376 e. The predicted octanol–water partition coefficient (Wildman–Crippen LogP) is 2.32. The van der Waals surface area contributed by atoms with E-state index in [1.807, 2.05) is 19.2 Å². The molecule has 0 heterocycles. The third-order valence-electron chi connectivity index (χ3n) is 2.92. The Morgan fingerprint density at radius 1 is 1.15 bits per heavy atom. The van der Waals surface area contributed by atoms with Crippen LogP contribution in [-0.4, -0.2) is 36.9 Å². The summed E-state index contributed by atoms with van der Waals surface area (Å²) in [5, 5.41) is 5.77. The number of amides is 2. The standard InChI is InChI=1S/C15H23N3O2/c1-4-5-10-18(3)15(20)11-16-13-6-8-14(9-7-13)17-12(2)19/h6-9,16H,4-5,10-11H2,1-3H3,(H,17,19). The second-order valence-corrected chi connectivity index (χ2v) is 4.78. The molecule has 20 heavy (non-hydrogen) atoms. The lowest BCUT2D eigenvalue weighted by Gasteiger charge is -2.17. The molecule has 110 valence electrons. The van der Waals surface area contributed by atoms with Gasteiger partial charge in [-0.1, -0.05) is 13.3 Å². The van der Waals surface area contributed by atoms with Crippen molar-refractivity contribution < 1.29 is 9.59 Å². The molecule has 1 aromatic carbocycles. The number of rotatable bonds is 7. The van der Waals surface area contributed by atoms with E-state index in [0.29, 0.717) is 0 Å². The van der Waals surface area contributed by atoms with Crippen LogP contribution in [0.5, 0.6) is 0 Å². The number of likely N-dealkylation sites (N-methyl/N-ethyl adjacent to an activating group) is 1.